The van der Waals surface area contributed by atoms with E-state index >= 15 is 0 Å². The van der Waals surface area contributed by atoms with Crippen LogP contribution >= 0.6 is 39.1 Å². The number of hydrogen-bond acceptors (Lipinski definition) is 1. The summed E-state index contributed by atoms with van der Waals surface area (Å²) in [5.74, 6) is 0. The van der Waals surface area contributed by atoms with Gasteiger partial charge in [0.15, 0.2) is 9.89 Å². The van der Waals surface area contributed by atoms with Gasteiger partial charge in [-0.05, 0) is 28.1 Å². The minimum absolute atomic E-state index is 0.448. The van der Waals surface area contributed by atoms with Crippen molar-refractivity contribution in [3.05, 3.63) is 33.2 Å². The number of aromatic nitrogens is 2. The van der Waals surface area contributed by atoms with Crippen molar-refractivity contribution >= 4 is 44.6 Å². The lowest BCUT2D eigenvalue weighted by Gasteiger charge is -1.94. The molecule has 62 valence electrons. The van der Waals surface area contributed by atoms with E-state index in [9.17, 15) is 0 Å². The predicted molar refractivity (Wildman–Crippen MR) is 52.9 cm³/mol. The first-order valence-electron chi connectivity index (χ1n) is 3.17. The molecular weight excluding hydrogens is 263 g/mol. The van der Waals surface area contributed by atoms with E-state index in [1.165, 1.54) is 0 Å². The smallest absolute Gasteiger partial charge is 0.183 e. The van der Waals surface area contributed by atoms with Crippen LogP contribution in [-0.2, 0) is 0 Å². The monoisotopic (exact) mass is 264 g/mol. The van der Waals surface area contributed by atoms with Crippen LogP contribution in [0.2, 0.25) is 10.2 Å². The highest BCUT2D eigenvalue weighted by atomic mass is 79.9. The van der Waals surface area contributed by atoms with Crippen LogP contribution in [0.25, 0.3) is 5.52 Å². The Morgan fingerprint density at radius 2 is 2.17 bits per heavy atom. The largest absolute Gasteiger partial charge is 0.293 e. The molecule has 0 bridgehead atoms. The van der Waals surface area contributed by atoms with Crippen LogP contribution < -0.4 is 0 Å². The van der Waals surface area contributed by atoms with Crippen LogP contribution in [0.4, 0.5) is 0 Å². The summed E-state index contributed by atoms with van der Waals surface area (Å²) < 4.78 is 2.49. The second kappa shape index (κ2) is 2.91. The quantitative estimate of drug-likeness (QED) is 0.714. The molecule has 2 rings (SSSR count). The molecule has 12 heavy (non-hydrogen) atoms. The van der Waals surface area contributed by atoms with E-state index in [4.69, 9.17) is 23.2 Å². The van der Waals surface area contributed by atoms with Crippen LogP contribution in [0.3, 0.4) is 0 Å². The first-order chi connectivity index (χ1) is 5.68. The molecule has 0 radical (unpaired) electrons. The van der Waals surface area contributed by atoms with Gasteiger partial charge in [0.2, 0.25) is 0 Å². The summed E-state index contributed by atoms with van der Waals surface area (Å²) >= 11 is 14.9. The Morgan fingerprint density at radius 1 is 1.42 bits per heavy atom. The number of halogens is 3. The molecule has 2 heterocycles. The van der Waals surface area contributed by atoms with E-state index in [1.54, 1.807) is 18.3 Å². The summed E-state index contributed by atoms with van der Waals surface area (Å²) in [4.78, 5) is 4.02. The summed E-state index contributed by atoms with van der Waals surface area (Å²) in [6.45, 7) is 0. The average Bonchev–Trinajstić information content (AvgIpc) is 2.28. The molecule has 0 N–H and O–H groups in total. The first-order valence-corrected chi connectivity index (χ1v) is 4.72. The van der Waals surface area contributed by atoms with Crippen molar-refractivity contribution in [3.63, 3.8) is 0 Å². The van der Waals surface area contributed by atoms with E-state index in [-0.39, 0.29) is 0 Å². The minimum Gasteiger partial charge on any atom is -0.293 e. The minimum atomic E-state index is 0.448. The number of hydrogen-bond donors (Lipinski definition) is 0. The molecule has 0 saturated heterocycles. The Labute approximate surface area is 87.2 Å². The highest BCUT2D eigenvalue weighted by Gasteiger charge is 2.06. The Balaban J connectivity index is 2.90. The van der Waals surface area contributed by atoms with Gasteiger partial charge in [-0.3, -0.25) is 4.40 Å². The lowest BCUT2D eigenvalue weighted by molar-refractivity contribution is 1.10. The molecule has 0 aliphatic carbocycles. The van der Waals surface area contributed by atoms with E-state index in [2.05, 4.69) is 20.9 Å². The number of pyridine rings is 1. The molecule has 0 aliphatic heterocycles. The highest BCUT2D eigenvalue weighted by Crippen LogP contribution is 2.23. The molecule has 0 unspecified atom stereocenters. The zero-order valence-electron chi connectivity index (χ0n) is 5.76. The Kier molecular flexibility index (Phi) is 2.02. The molecule has 2 aromatic rings. The fourth-order valence-corrected chi connectivity index (χ4v) is 1.96. The van der Waals surface area contributed by atoms with Crippen molar-refractivity contribution in [3.8, 4) is 0 Å². The molecule has 0 atom stereocenters. The van der Waals surface area contributed by atoms with Crippen molar-refractivity contribution in [1.82, 2.24) is 9.38 Å². The van der Waals surface area contributed by atoms with E-state index < -0.39 is 0 Å². The van der Waals surface area contributed by atoms with Gasteiger partial charge in [0.05, 0.1) is 5.52 Å². The van der Waals surface area contributed by atoms with Crippen molar-refractivity contribution in [2.75, 3.05) is 0 Å². The summed E-state index contributed by atoms with van der Waals surface area (Å²) in [5.41, 5.74) is 0.802. The maximum atomic E-state index is 5.83. The molecule has 2 nitrogen and oxygen atoms in total. The number of imidazole rings is 1. The lowest BCUT2D eigenvalue weighted by Crippen LogP contribution is -1.81. The van der Waals surface area contributed by atoms with Crippen LogP contribution in [0.5, 0.6) is 0 Å². The van der Waals surface area contributed by atoms with Gasteiger partial charge in [-0.2, -0.15) is 0 Å². The van der Waals surface area contributed by atoms with Crippen LogP contribution in [0.15, 0.2) is 23.1 Å². The maximum absolute atomic E-state index is 5.83. The zero-order valence-corrected chi connectivity index (χ0v) is 8.86. The van der Waals surface area contributed by atoms with Gasteiger partial charge < -0.3 is 0 Å². The Hall–Kier alpha value is -0.250. The first kappa shape index (κ1) is 8.35. The lowest BCUT2D eigenvalue weighted by atomic mass is 10.4. The van der Waals surface area contributed by atoms with Crippen molar-refractivity contribution in [2.45, 2.75) is 0 Å². The van der Waals surface area contributed by atoms with Crippen LogP contribution in [0, 0.1) is 0 Å². The molecule has 0 aromatic carbocycles. The number of nitrogens with zero attached hydrogens (tertiary/aromatic N) is 2. The maximum Gasteiger partial charge on any atom is 0.183 e. The van der Waals surface area contributed by atoms with Crippen molar-refractivity contribution < 1.29 is 0 Å². The second-order valence-corrected chi connectivity index (χ2v) is 3.78. The highest BCUT2D eigenvalue weighted by molar-refractivity contribution is 9.10. The average molecular weight is 266 g/mol. The third-order valence-electron chi connectivity index (χ3n) is 1.52. The molecule has 5 heteroatoms. The SMILES string of the molecule is Clc1ccn2c(Br)nc(Cl)c2c1. The van der Waals surface area contributed by atoms with E-state index in [1.807, 2.05) is 4.40 Å². The van der Waals surface area contributed by atoms with Gasteiger partial charge in [-0.25, -0.2) is 4.98 Å². The molecule has 0 fully saturated rings. The summed E-state index contributed by atoms with van der Waals surface area (Å²) in [6, 6.07) is 3.54. The number of rotatable bonds is 0. The third kappa shape index (κ3) is 1.22. The number of fused-ring (bicyclic) bond motifs is 1. The molecule has 0 spiro atoms. The van der Waals surface area contributed by atoms with E-state index in [0.717, 1.165) is 5.52 Å². The van der Waals surface area contributed by atoms with Gasteiger partial charge in [0.25, 0.3) is 0 Å². The van der Waals surface area contributed by atoms with Gasteiger partial charge in [0.1, 0.15) is 0 Å². The molecular formula is C7H3BrCl2N2. The Bertz CT molecular complexity index is 438. The van der Waals surface area contributed by atoms with Crippen molar-refractivity contribution in [2.24, 2.45) is 0 Å². The summed E-state index contributed by atoms with van der Waals surface area (Å²) in [5, 5.41) is 1.10. The molecule has 0 aliphatic rings. The predicted octanol–water partition coefficient (Wildman–Crippen LogP) is 3.40. The van der Waals surface area contributed by atoms with Crippen LogP contribution in [0.1, 0.15) is 0 Å². The van der Waals surface area contributed by atoms with Gasteiger partial charge in [-0.1, -0.05) is 23.2 Å². The fraction of sp³-hybridized carbons (Fsp3) is 0. The Morgan fingerprint density at radius 3 is 2.92 bits per heavy atom. The van der Waals surface area contributed by atoms with Crippen molar-refractivity contribution in [1.29, 1.82) is 0 Å². The normalized spacial score (nSPS) is 10.9. The molecule has 0 amide bonds. The van der Waals surface area contributed by atoms with Crippen LogP contribution in [-0.4, -0.2) is 9.38 Å². The van der Waals surface area contributed by atoms with Gasteiger partial charge in [0, 0.05) is 11.2 Å². The molecule has 0 saturated carbocycles. The fourth-order valence-electron chi connectivity index (χ4n) is 0.986. The second-order valence-electron chi connectivity index (χ2n) is 2.27. The topological polar surface area (TPSA) is 17.3 Å². The van der Waals surface area contributed by atoms with E-state index in [0.29, 0.717) is 14.9 Å². The summed E-state index contributed by atoms with van der Waals surface area (Å²) in [7, 11) is 0. The van der Waals surface area contributed by atoms with Gasteiger partial charge in [-0.15, -0.1) is 0 Å². The zero-order chi connectivity index (χ0) is 8.72. The van der Waals surface area contributed by atoms with Gasteiger partial charge >= 0.3 is 0 Å². The third-order valence-corrected chi connectivity index (χ3v) is 2.59. The summed E-state index contributed by atoms with van der Waals surface area (Å²) in [6.07, 6.45) is 1.81. The standard InChI is InChI=1S/C7H3BrCl2N2/c8-7-11-6(10)5-3-4(9)1-2-12(5)7/h1-3H. The molecule has 2 aromatic heterocycles.